The predicted molar refractivity (Wildman–Crippen MR) is 141 cm³/mol. The van der Waals surface area contributed by atoms with Crippen molar-refractivity contribution in [2.24, 2.45) is 5.92 Å². The molecule has 2 aliphatic rings. The number of methoxy groups -OCH3 is 1. The summed E-state index contributed by atoms with van der Waals surface area (Å²) in [5.74, 6) is 1.08. The van der Waals surface area contributed by atoms with Crippen molar-refractivity contribution in [2.75, 3.05) is 26.8 Å². The van der Waals surface area contributed by atoms with Gasteiger partial charge in [0.2, 0.25) is 11.8 Å². The lowest BCUT2D eigenvalue weighted by Crippen LogP contribution is -2.33. The van der Waals surface area contributed by atoms with Crippen LogP contribution in [-0.2, 0) is 16.1 Å². The number of likely N-dealkylation sites (tertiary alicyclic amines) is 1. The Hall–Kier alpha value is -2.64. The van der Waals surface area contributed by atoms with E-state index in [1.54, 1.807) is 13.2 Å². The summed E-state index contributed by atoms with van der Waals surface area (Å²) < 4.78 is 25.7. The normalized spacial score (nSPS) is 17.5. The maximum Gasteiger partial charge on any atom is 0.229 e. The Kier molecular flexibility index (Phi) is 9.43. The van der Waals surface area contributed by atoms with Gasteiger partial charge < -0.3 is 9.47 Å². The Balaban J connectivity index is 1.46. The van der Waals surface area contributed by atoms with Crippen molar-refractivity contribution in [1.82, 2.24) is 9.80 Å². The summed E-state index contributed by atoms with van der Waals surface area (Å²) in [5, 5.41) is 0.133. The molecule has 1 saturated carbocycles. The van der Waals surface area contributed by atoms with Crippen molar-refractivity contribution in [3.63, 3.8) is 0 Å². The molecule has 0 radical (unpaired) electrons. The van der Waals surface area contributed by atoms with Crippen molar-refractivity contribution < 1.29 is 23.5 Å². The molecular weight excluding hydrogens is 495 g/mol. The molecule has 0 bridgehead atoms. The average Bonchev–Trinajstić information content (AvgIpc) is 3.23. The van der Waals surface area contributed by atoms with Crippen LogP contribution in [0.25, 0.3) is 0 Å². The monoisotopic (exact) mass is 530 g/mol. The van der Waals surface area contributed by atoms with Crippen LogP contribution in [0.5, 0.6) is 11.5 Å². The molecule has 0 aromatic heterocycles. The number of rotatable bonds is 11. The Morgan fingerprint density at radius 2 is 1.78 bits per heavy atom. The van der Waals surface area contributed by atoms with E-state index in [1.807, 2.05) is 24.3 Å². The molecule has 1 aliphatic heterocycles. The molecule has 1 aliphatic carbocycles. The number of hydrogen-bond donors (Lipinski definition) is 0. The van der Waals surface area contributed by atoms with Gasteiger partial charge in [-0.05, 0) is 61.1 Å². The summed E-state index contributed by atoms with van der Waals surface area (Å²) in [6.07, 6.45) is 6.80. The second kappa shape index (κ2) is 12.7. The maximum absolute atomic E-state index is 14.3. The zero-order chi connectivity index (χ0) is 26.4. The fraction of sp³-hybridized carbons (Fsp3) is 0.517. The Morgan fingerprint density at radius 3 is 2.46 bits per heavy atom. The number of carbonyl (C=O) groups is 2. The first kappa shape index (κ1) is 27.4. The Bertz CT molecular complexity index is 1090. The second-order valence-corrected chi connectivity index (χ2v) is 10.5. The van der Waals surface area contributed by atoms with Gasteiger partial charge in [0.25, 0.3) is 0 Å². The van der Waals surface area contributed by atoms with Gasteiger partial charge in [-0.1, -0.05) is 43.0 Å². The quantitative estimate of drug-likeness (QED) is 0.326. The summed E-state index contributed by atoms with van der Waals surface area (Å²) >= 11 is 5.94. The van der Waals surface area contributed by atoms with Crippen molar-refractivity contribution in [3.8, 4) is 11.5 Å². The van der Waals surface area contributed by atoms with Gasteiger partial charge in [0.15, 0.2) is 11.5 Å². The minimum absolute atomic E-state index is 0.00569. The third-order valence-corrected chi connectivity index (χ3v) is 7.84. The van der Waals surface area contributed by atoms with Crippen LogP contribution in [0.1, 0.15) is 69.0 Å². The molecule has 8 heteroatoms. The van der Waals surface area contributed by atoms with E-state index in [2.05, 4.69) is 11.8 Å². The molecule has 2 amide bonds. The third-order valence-electron chi connectivity index (χ3n) is 7.53. The zero-order valence-electron chi connectivity index (χ0n) is 21.7. The van der Waals surface area contributed by atoms with E-state index in [0.717, 1.165) is 17.7 Å². The highest BCUT2D eigenvalue weighted by molar-refractivity contribution is 6.30. The minimum atomic E-state index is -0.399. The first-order chi connectivity index (χ1) is 17.9. The summed E-state index contributed by atoms with van der Waals surface area (Å²) in [5.41, 5.74) is 1.96. The third kappa shape index (κ3) is 7.02. The highest BCUT2D eigenvalue weighted by atomic mass is 35.5. The molecule has 6 nitrogen and oxygen atoms in total. The van der Waals surface area contributed by atoms with Gasteiger partial charge in [-0.2, -0.15) is 0 Å². The number of hydrogen-bond acceptors (Lipinski definition) is 5. The fourth-order valence-corrected chi connectivity index (χ4v) is 5.44. The summed E-state index contributed by atoms with van der Waals surface area (Å²) in [4.78, 5) is 27.3. The largest absolute Gasteiger partial charge is 0.493 e. The van der Waals surface area contributed by atoms with E-state index >= 15 is 0 Å². The number of ether oxygens (including phenoxy) is 2. The smallest absolute Gasteiger partial charge is 0.229 e. The number of amides is 2. The molecule has 2 fully saturated rings. The highest BCUT2D eigenvalue weighted by Crippen LogP contribution is 2.33. The van der Waals surface area contributed by atoms with E-state index in [4.69, 9.17) is 21.1 Å². The standard InChI is InChI=1S/C29H36ClFN2O4/c1-20(23-9-10-24(30)25(31)17-23)32(18-21-6-4-3-5-7-21)19-22-8-11-26(27(16-22)36-2)37-15-14-33-28(34)12-13-29(33)35/h8-11,16-17,20-21H,3-7,12-15,18-19H2,1-2H3. The maximum atomic E-state index is 14.3. The van der Waals surface area contributed by atoms with Crippen LogP contribution in [0.2, 0.25) is 5.02 Å². The minimum Gasteiger partial charge on any atom is -0.493 e. The van der Waals surface area contributed by atoms with E-state index < -0.39 is 5.82 Å². The van der Waals surface area contributed by atoms with Crippen LogP contribution in [0.4, 0.5) is 4.39 Å². The van der Waals surface area contributed by atoms with Gasteiger partial charge in [-0.3, -0.25) is 19.4 Å². The van der Waals surface area contributed by atoms with E-state index in [9.17, 15) is 14.0 Å². The number of nitrogens with zero attached hydrogens (tertiary/aromatic N) is 2. The highest BCUT2D eigenvalue weighted by Gasteiger charge is 2.28. The molecule has 0 spiro atoms. The van der Waals surface area contributed by atoms with Crippen molar-refractivity contribution >= 4 is 23.4 Å². The molecule has 2 aromatic rings. The number of halogens is 2. The number of carbonyl (C=O) groups excluding carboxylic acids is 2. The summed E-state index contributed by atoms with van der Waals surface area (Å²) in [7, 11) is 1.60. The first-order valence-electron chi connectivity index (χ1n) is 13.2. The van der Waals surface area contributed by atoms with Crippen molar-refractivity contribution in [1.29, 1.82) is 0 Å². The zero-order valence-corrected chi connectivity index (χ0v) is 22.4. The van der Waals surface area contributed by atoms with Gasteiger partial charge in [-0.25, -0.2) is 4.39 Å². The summed E-state index contributed by atoms with van der Waals surface area (Å²) in [6.45, 7) is 4.16. The van der Waals surface area contributed by atoms with Crippen LogP contribution in [-0.4, -0.2) is 48.4 Å². The summed E-state index contributed by atoms with van der Waals surface area (Å²) in [6, 6.07) is 10.9. The first-order valence-corrected chi connectivity index (χ1v) is 13.6. The molecule has 1 unspecified atom stereocenters. The SMILES string of the molecule is COc1cc(CN(CC2CCCCC2)C(C)c2ccc(Cl)c(F)c2)ccc1OCCN1C(=O)CCC1=O. The second-order valence-electron chi connectivity index (χ2n) is 10.1. The van der Waals surface area contributed by atoms with Crippen LogP contribution in [0, 0.1) is 11.7 Å². The van der Waals surface area contributed by atoms with Gasteiger partial charge in [0.05, 0.1) is 18.7 Å². The van der Waals surface area contributed by atoms with Crippen LogP contribution in [0.15, 0.2) is 36.4 Å². The molecule has 0 N–H and O–H groups in total. The van der Waals surface area contributed by atoms with Crippen molar-refractivity contribution in [3.05, 3.63) is 58.4 Å². The molecule has 1 saturated heterocycles. The van der Waals surface area contributed by atoms with Gasteiger partial charge in [0.1, 0.15) is 12.4 Å². The molecule has 37 heavy (non-hydrogen) atoms. The number of imide groups is 1. The number of benzene rings is 2. The van der Waals surface area contributed by atoms with Crippen LogP contribution >= 0.6 is 11.6 Å². The molecule has 1 atom stereocenters. The topological polar surface area (TPSA) is 59.1 Å². The van der Waals surface area contributed by atoms with Crippen molar-refractivity contribution in [2.45, 2.75) is 64.5 Å². The lowest BCUT2D eigenvalue weighted by atomic mass is 9.88. The van der Waals surface area contributed by atoms with Crippen LogP contribution < -0.4 is 9.47 Å². The van der Waals surface area contributed by atoms with Crippen LogP contribution in [0.3, 0.4) is 0 Å². The fourth-order valence-electron chi connectivity index (χ4n) is 5.33. The van der Waals surface area contributed by atoms with E-state index in [0.29, 0.717) is 24.0 Å². The Morgan fingerprint density at radius 1 is 1.05 bits per heavy atom. The van der Waals surface area contributed by atoms with E-state index in [-0.39, 0.29) is 48.9 Å². The average molecular weight is 531 g/mol. The predicted octanol–water partition coefficient (Wildman–Crippen LogP) is 6.16. The lowest BCUT2D eigenvalue weighted by molar-refractivity contribution is -0.138. The van der Waals surface area contributed by atoms with Gasteiger partial charge in [-0.15, -0.1) is 0 Å². The molecule has 2 aromatic carbocycles. The van der Waals surface area contributed by atoms with E-state index in [1.165, 1.54) is 43.1 Å². The lowest BCUT2D eigenvalue weighted by Gasteiger charge is -2.34. The molecular formula is C29H36ClFN2O4. The Labute approximate surface area is 223 Å². The van der Waals surface area contributed by atoms with Gasteiger partial charge >= 0.3 is 0 Å². The van der Waals surface area contributed by atoms with Gasteiger partial charge in [0, 0.05) is 32.0 Å². The molecule has 1 heterocycles. The molecule has 200 valence electrons. The molecule has 4 rings (SSSR count).